The van der Waals surface area contributed by atoms with Gasteiger partial charge in [0.1, 0.15) is 11.4 Å². The van der Waals surface area contributed by atoms with Crippen molar-refractivity contribution in [2.75, 3.05) is 5.73 Å². The van der Waals surface area contributed by atoms with Gasteiger partial charge in [0, 0.05) is 5.56 Å². The van der Waals surface area contributed by atoms with E-state index in [1.165, 1.54) is 17.4 Å². The summed E-state index contributed by atoms with van der Waals surface area (Å²) in [5, 5.41) is 8.99. The van der Waals surface area contributed by atoms with Crippen LogP contribution in [0.5, 0.6) is 0 Å². The van der Waals surface area contributed by atoms with E-state index < -0.39 is 5.82 Å². The molecule has 0 saturated carbocycles. The fourth-order valence-corrected chi connectivity index (χ4v) is 2.49. The first-order valence-electron chi connectivity index (χ1n) is 6.22. The van der Waals surface area contributed by atoms with Gasteiger partial charge in [-0.25, -0.2) is 9.37 Å². The summed E-state index contributed by atoms with van der Waals surface area (Å²) >= 11 is 1.22. The molecule has 6 heteroatoms. The Bertz CT molecular complexity index is 783. The van der Waals surface area contributed by atoms with Crippen LogP contribution in [0.25, 0.3) is 11.3 Å². The van der Waals surface area contributed by atoms with Crippen molar-refractivity contribution in [1.82, 2.24) is 4.98 Å². The summed E-state index contributed by atoms with van der Waals surface area (Å²) in [4.78, 5) is 4.26. The van der Waals surface area contributed by atoms with E-state index in [1.54, 1.807) is 18.2 Å². The van der Waals surface area contributed by atoms with Crippen molar-refractivity contribution < 1.29 is 4.39 Å². The molecule has 0 unspecified atom stereocenters. The largest absolute Gasteiger partial charge is 0.375 e. The number of hydrogen-bond donors (Lipinski definition) is 1. The van der Waals surface area contributed by atoms with Crippen LogP contribution in [0.3, 0.4) is 0 Å². The van der Waals surface area contributed by atoms with Crippen LogP contribution in [-0.2, 0) is 0 Å². The Labute approximate surface area is 124 Å². The number of benzene rings is 2. The van der Waals surface area contributed by atoms with Crippen molar-refractivity contribution in [2.24, 2.45) is 10.2 Å². The van der Waals surface area contributed by atoms with Crippen molar-refractivity contribution in [3.8, 4) is 11.3 Å². The van der Waals surface area contributed by atoms with Gasteiger partial charge in [-0.2, -0.15) is 0 Å². The first-order valence-corrected chi connectivity index (χ1v) is 7.03. The van der Waals surface area contributed by atoms with Gasteiger partial charge in [0.05, 0.1) is 0 Å². The number of aromatic nitrogens is 1. The van der Waals surface area contributed by atoms with E-state index in [1.807, 2.05) is 30.3 Å². The molecule has 0 aliphatic heterocycles. The van der Waals surface area contributed by atoms with Crippen LogP contribution in [0, 0.1) is 5.82 Å². The first kappa shape index (κ1) is 13.4. The molecule has 0 radical (unpaired) electrons. The highest BCUT2D eigenvalue weighted by Gasteiger charge is 2.11. The maximum atomic E-state index is 13.5. The number of rotatable bonds is 3. The third kappa shape index (κ3) is 2.95. The Morgan fingerprint density at radius 2 is 1.67 bits per heavy atom. The summed E-state index contributed by atoms with van der Waals surface area (Å²) in [5.74, 6) is -0.417. The molecule has 2 N–H and O–H groups in total. The van der Waals surface area contributed by atoms with E-state index in [0.29, 0.717) is 15.8 Å². The van der Waals surface area contributed by atoms with E-state index in [9.17, 15) is 4.39 Å². The van der Waals surface area contributed by atoms with E-state index in [4.69, 9.17) is 5.73 Å². The Morgan fingerprint density at radius 3 is 2.43 bits per heavy atom. The monoisotopic (exact) mass is 298 g/mol. The molecule has 2 aromatic carbocycles. The van der Waals surface area contributed by atoms with Gasteiger partial charge in [0.2, 0.25) is 0 Å². The second kappa shape index (κ2) is 5.80. The van der Waals surface area contributed by atoms with E-state index >= 15 is 0 Å². The minimum atomic E-state index is -0.417. The van der Waals surface area contributed by atoms with Gasteiger partial charge >= 0.3 is 0 Å². The number of nitrogens with zero attached hydrogens (tertiary/aromatic N) is 3. The summed E-state index contributed by atoms with van der Waals surface area (Å²) in [6, 6.07) is 15.8. The molecule has 21 heavy (non-hydrogen) atoms. The SMILES string of the molecule is Nc1nc(-c2ccccc2)c(N=Nc2ccccc2F)s1. The molecule has 3 aromatic rings. The average Bonchev–Trinajstić information content (AvgIpc) is 2.88. The molecule has 104 valence electrons. The zero-order chi connectivity index (χ0) is 14.7. The second-order valence-electron chi connectivity index (χ2n) is 4.22. The minimum Gasteiger partial charge on any atom is -0.375 e. The van der Waals surface area contributed by atoms with Crippen molar-refractivity contribution in [1.29, 1.82) is 0 Å². The van der Waals surface area contributed by atoms with Crippen LogP contribution >= 0.6 is 11.3 Å². The topological polar surface area (TPSA) is 63.6 Å². The van der Waals surface area contributed by atoms with E-state index in [0.717, 1.165) is 5.56 Å². The number of nitrogens with two attached hydrogens (primary N) is 1. The third-order valence-corrected chi connectivity index (χ3v) is 3.54. The molecular formula is C15H11FN4S. The van der Waals surface area contributed by atoms with Crippen molar-refractivity contribution >= 4 is 27.2 Å². The van der Waals surface area contributed by atoms with Crippen molar-refractivity contribution in [2.45, 2.75) is 0 Å². The Kier molecular flexibility index (Phi) is 3.70. The van der Waals surface area contributed by atoms with Crippen LogP contribution in [0.4, 0.5) is 20.2 Å². The number of anilines is 1. The van der Waals surface area contributed by atoms with Gasteiger partial charge in [0.25, 0.3) is 0 Å². The van der Waals surface area contributed by atoms with Crippen LogP contribution in [0.15, 0.2) is 64.8 Å². The van der Waals surface area contributed by atoms with Crippen LogP contribution in [0.1, 0.15) is 0 Å². The van der Waals surface area contributed by atoms with Crippen LogP contribution < -0.4 is 5.73 Å². The molecule has 0 amide bonds. The lowest BCUT2D eigenvalue weighted by Crippen LogP contribution is -1.82. The normalized spacial score (nSPS) is 11.1. The number of thiazole rings is 1. The summed E-state index contributed by atoms with van der Waals surface area (Å²) in [6.07, 6.45) is 0. The van der Waals surface area contributed by atoms with Crippen molar-refractivity contribution in [3.63, 3.8) is 0 Å². The Hall–Kier alpha value is -2.60. The lowest BCUT2D eigenvalue weighted by atomic mass is 10.2. The lowest BCUT2D eigenvalue weighted by molar-refractivity contribution is 0.628. The predicted octanol–water partition coefficient (Wildman–Crippen LogP) is 4.95. The second-order valence-corrected chi connectivity index (χ2v) is 5.23. The van der Waals surface area contributed by atoms with Gasteiger partial charge in [-0.3, -0.25) is 0 Å². The Balaban J connectivity index is 1.99. The molecule has 4 nitrogen and oxygen atoms in total. The maximum absolute atomic E-state index is 13.5. The maximum Gasteiger partial charge on any atom is 0.182 e. The summed E-state index contributed by atoms with van der Waals surface area (Å²) in [7, 11) is 0. The molecule has 3 rings (SSSR count). The smallest absolute Gasteiger partial charge is 0.182 e. The fourth-order valence-electron chi connectivity index (χ4n) is 1.81. The molecule has 0 bridgehead atoms. The molecule has 0 atom stereocenters. The molecule has 1 aromatic heterocycles. The average molecular weight is 298 g/mol. The molecular weight excluding hydrogens is 287 g/mol. The third-order valence-electron chi connectivity index (χ3n) is 2.77. The highest BCUT2D eigenvalue weighted by atomic mass is 32.1. The predicted molar refractivity (Wildman–Crippen MR) is 82.5 cm³/mol. The first-order chi connectivity index (χ1) is 10.2. The van der Waals surface area contributed by atoms with Crippen molar-refractivity contribution in [3.05, 3.63) is 60.4 Å². The Morgan fingerprint density at radius 1 is 0.952 bits per heavy atom. The molecule has 0 saturated heterocycles. The van der Waals surface area contributed by atoms with Gasteiger partial charge < -0.3 is 5.73 Å². The summed E-state index contributed by atoms with van der Waals surface area (Å²) < 4.78 is 13.5. The molecule has 0 aliphatic rings. The minimum absolute atomic E-state index is 0.184. The standard InChI is InChI=1S/C15H11FN4S/c16-11-8-4-5-9-12(11)19-20-14-13(18-15(17)21-14)10-6-2-1-3-7-10/h1-9H,(H2,17,18). The quantitative estimate of drug-likeness (QED) is 0.695. The number of hydrogen-bond acceptors (Lipinski definition) is 5. The lowest BCUT2D eigenvalue weighted by Gasteiger charge is -1.97. The number of nitrogen functional groups attached to an aromatic ring is 1. The van der Waals surface area contributed by atoms with Gasteiger partial charge in [-0.1, -0.05) is 53.8 Å². The highest BCUT2D eigenvalue weighted by Crippen LogP contribution is 2.37. The van der Waals surface area contributed by atoms with Crippen LogP contribution in [0.2, 0.25) is 0 Å². The zero-order valence-corrected chi connectivity index (χ0v) is 11.7. The number of azo groups is 1. The van der Waals surface area contributed by atoms with E-state index in [2.05, 4.69) is 15.2 Å². The van der Waals surface area contributed by atoms with Gasteiger partial charge in [-0.05, 0) is 12.1 Å². The summed E-state index contributed by atoms with van der Waals surface area (Å²) in [6.45, 7) is 0. The highest BCUT2D eigenvalue weighted by molar-refractivity contribution is 7.19. The van der Waals surface area contributed by atoms with Crippen LogP contribution in [-0.4, -0.2) is 4.98 Å². The molecule has 0 fully saturated rings. The fraction of sp³-hybridized carbons (Fsp3) is 0. The molecule has 1 heterocycles. The van der Waals surface area contributed by atoms with Gasteiger partial charge in [-0.15, -0.1) is 10.2 Å². The number of halogens is 1. The molecule has 0 spiro atoms. The van der Waals surface area contributed by atoms with Gasteiger partial charge in [0.15, 0.2) is 15.9 Å². The molecule has 0 aliphatic carbocycles. The zero-order valence-electron chi connectivity index (χ0n) is 10.9. The van der Waals surface area contributed by atoms with E-state index in [-0.39, 0.29) is 5.69 Å². The summed E-state index contributed by atoms with van der Waals surface area (Å²) in [5.41, 5.74) is 7.48.